The molecular weight excluding hydrogens is 456 g/mol. The van der Waals surface area contributed by atoms with Crippen molar-refractivity contribution in [3.8, 4) is 22.8 Å². The van der Waals surface area contributed by atoms with Gasteiger partial charge in [0.05, 0.1) is 18.9 Å². The van der Waals surface area contributed by atoms with Gasteiger partial charge < -0.3 is 29.4 Å². The molecular formula is C24H30N4O5S. The molecule has 9 nitrogen and oxygen atoms in total. The molecule has 1 aliphatic heterocycles. The van der Waals surface area contributed by atoms with E-state index in [1.54, 1.807) is 6.07 Å². The average molecular weight is 487 g/mol. The van der Waals surface area contributed by atoms with Gasteiger partial charge in [0.1, 0.15) is 0 Å². The van der Waals surface area contributed by atoms with E-state index in [9.17, 15) is 13.2 Å². The Bertz CT molecular complexity index is 1330. The van der Waals surface area contributed by atoms with Gasteiger partial charge in [-0.1, -0.05) is 6.07 Å². The van der Waals surface area contributed by atoms with Crippen molar-refractivity contribution in [2.24, 2.45) is 0 Å². The van der Waals surface area contributed by atoms with Crippen LogP contribution in [-0.4, -0.2) is 64.8 Å². The van der Waals surface area contributed by atoms with Crippen molar-refractivity contribution in [2.45, 2.75) is 19.5 Å². The molecule has 0 aliphatic carbocycles. The van der Waals surface area contributed by atoms with E-state index < -0.39 is 10.1 Å². The molecule has 0 bridgehead atoms. The molecule has 0 saturated heterocycles. The van der Waals surface area contributed by atoms with Crippen molar-refractivity contribution in [3.63, 3.8) is 0 Å². The molecule has 0 radical (unpaired) electrons. The van der Waals surface area contributed by atoms with Gasteiger partial charge in [-0.05, 0) is 63.4 Å². The Hall–Kier alpha value is -3.08. The van der Waals surface area contributed by atoms with Gasteiger partial charge in [0.15, 0.2) is 11.5 Å². The number of aromatic nitrogens is 1. The first-order valence-corrected chi connectivity index (χ1v) is 12.9. The number of rotatable bonds is 10. The fourth-order valence-electron chi connectivity index (χ4n) is 4.18. The summed E-state index contributed by atoms with van der Waals surface area (Å²) in [7, 11) is 1.77. The molecule has 1 aliphatic rings. The Morgan fingerprint density at radius 1 is 1.18 bits per heavy atom. The van der Waals surface area contributed by atoms with E-state index in [0.717, 1.165) is 48.9 Å². The number of hydrogen-bond acceptors (Lipinski definition) is 7. The molecule has 3 N–H and O–H groups in total. The summed E-state index contributed by atoms with van der Waals surface area (Å²) in [6.07, 6.45) is 2.04. The van der Waals surface area contributed by atoms with Gasteiger partial charge >= 0.3 is 10.1 Å². The third-order valence-electron chi connectivity index (χ3n) is 5.72. The zero-order chi connectivity index (χ0) is 24.5. The molecule has 34 heavy (non-hydrogen) atoms. The van der Waals surface area contributed by atoms with Crippen molar-refractivity contribution >= 4 is 26.9 Å². The molecule has 4 rings (SSSR count). The van der Waals surface area contributed by atoms with E-state index in [0.29, 0.717) is 16.7 Å². The fraction of sp³-hybridized carbons (Fsp3) is 0.375. The second kappa shape index (κ2) is 9.65. The number of nitrogens with one attached hydrogen (secondary N) is 3. The number of H-pyrrole nitrogens is 1. The highest BCUT2D eigenvalue weighted by molar-refractivity contribution is 7.86. The van der Waals surface area contributed by atoms with Crippen LogP contribution in [0.25, 0.3) is 22.2 Å². The van der Waals surface area contributed by atoms with Crippen LogP contribution in [0.15, 0.2) is 30.3 Å². The predicted molar refractivity (Wildman–Crippen MR) is 132 cm³/mol. The van der Waals surface area contributed by atoms with Crippen LogP contribution in [0.4, 0.5) is 0 Å². The summed E-state index contributed by atoms with van der Waals surface area (Å²) in [5.74, 6) is 0.00468. The first-order valence-electron chi connectivity index (χ1n) is 11.1. The lowest BCUT2D eigenvalue weighted by atomic mass is 9.98. The molecule has 2 heterocycles. The van der Waals surface area contributed by atoms with Gasteiger partial charge in [0, 0.05) is 40.8 Å². The number of amides is 1. The zero-order valence-electron chi connectivity index (χ0n) is 19.8. The first kappa shape index (κ1) is 24.1. The van der Waals surface area contributed by atoms with Crippen molar-refractivity contribution in [1.82, 2.24) is 20.5 Å². The molecule has 1 aromatic heterocycles. The van der Waals surface area contributed by atoms with Crippen LogP contribution >= 0.6 is 0 Å². The van der Waals surface area contributed by atoms with Crippen LogP contribution in [0.1, 0.15) is 27.9 Å². The van der Waals surface area contributed by atoms with E-state index >= 15 is 0 Å². The predicted octanol–water partition coefficient (Wildman–Crippen LogP) is 2.47. The lowest BCUT2D eigenvalue weighted by Gasteiger charge is -2.15. The third kappa shape index (κ3) is 5.19. The molecule has 0 fully saturated rings. The Kier molecular flexibility index (Phi) is 6.83. The van der Waals surface area contributed by atoms with Crippen LogP contribution in [-0.2, 0) is 23.2 Å². The summed E-state index contributed by atoms with van der Waals surface area (Å²) in [4.78, 5) is 18.2. The minimum absolute atomic E-state index is 0.0424. The molecule has 10 heteroatoms. The number of aromatic amines is 1. The summed E-state index contributed by atoms with van der Waals surface area (Å²) in [6.45, 7) is 2.92. The highest BCUT2D eigenvalue weighted by Gasteiger charge is 2.31. The molecule has 0 unspecified atom stereocenters. The number of carbonyl (C=O) groups excluding carboxylic acids is 1. The van der Waals surface area contributed by atoms with Crippen LogP contribution in [0.2, 0.25) is 0 Å². The number of ether oxygens (including phenoxy) is 1. The topological polar surface area (TPSA) is 113 Å². The molecule has 182 valence electrons. The van der Waals surface area contributed by atoms with Crippen LogP contribution in [0.3, 0.4) is 0 Å². The summed E-state index contributed by atoms with van der Waals surface area (Å²) in [5.41, 5.74) is 4.32. The van der Waals surface area contributed by atoms with Crippen LogP contribution in [0, 0.1) is 0 Å². The van der Waals surface area contributed by atoms with Crippen molar-refractivity contribution in [1.29, 1.82) is 0 Å². The second-order valence-corrected chi connectivity index (χ2v) is 10.3. The lowest BCUT2D eigenvalue weighted by molar-refractivity contribution is 0.0966. The van der Waals surface area contributed by atoms with Gasteiger partial charge in [-0.2, -0.15) is 8.42 Å². The largest absolute Gasteiger partial charge is 0.493 e. The van der Waals surface area contributed by atoms with Crippen molar-refractivity contribution in [3.05, 3.63) is 47.0 Å². The minimum atomic E-state index is -3.80. The van der Waals surface area contributed by atoms with Crippen molar-refractivity contribution in [2.75, 3.05) is 40.6 Å². The quantitative estimate of drug-likeness (QED) is 0.298. The fourth-order valence-corrected chi connectivity index (χ4v) is 4.66. The van der Waals surface area contributed by atoms with Gasteiger partial charge in [0.25, 0.3) is 5.91 Å². The van der Waals surface area contributed by atoms with Gasteiger partial charge in [-0.3, -0.25) is 4.79 Å². The summed E-state index contributed by atoms with van der Waals surface area (Å²) >= 11 is 0. The van der Waals surface area contributed by atoms with Gasteiger partial charge in [-0.25, -0.2) is 0 Å². The number of methoxy groups -OCH3 is 1. The van der Waals surface area contributed by atoms with E-state index in [-0.39, 0.29) is 24.0 Å². The summed E-state index contributed by atoms with van der Waals surface area (Å²) < 4.78 is 34.2. The molecule has 3 aromatic rings. The number of nitrogens with zero attached hydrogens (tertiary/aromatic N) is 1. The number of carbonyl (C=O) groups is 1. The molecule has 2 aromatic carbocycles. The normalized spacial score (nSPS) is 13.4. The minimum Gasteiger partial charge on any atom is -0.493 e. The Morgan fingerprint density at radius 3 is 2.68 bits per heavy atom. The second-order valence-electron chi connectivity index (χ2n) is 8.72. The highest BCUT2D eigenvalue weighted by atomic mass is 32.2. The lowest BCUT2D eigenvalue weighted by Crippen LogP contribution is -2.20. The van der Waals surface area contributed by atoms with E-state index in [2.05, 4.69) is 46.7 Å². The number of hydrogen-bond donors (Lipinski definition) is 3. The smallest absolute Gasteiger partial charge is 0.306 e. The standard InChI is InChI=1S/C24H30N4O5S/c1-28(2)9-5-8-25-13-15-6-7-19-16(10-15)11-20(27-19)17-12-21(32-3)23(33-34(4,30)31)18-14-26-24(29)22(17)18/h6-7,10-12,25,27H,5,8-9,13-14H2,1-4H3,(H,26,29). The van der Waals surface area contributed by atoms with Crippen LogP contribution < -0.4 is 19.6 Å². The van der Waals surface area contributed by atoms with Crippen LogP contribution in [0.5, 0.6) is 11.5 Å². The average Bonchev–Trinajstić information content (AvgIpc) is 3.36. The van der Waals surface area contributed by atoms with Crippen molar-refractivity contribution < 1.29 is 22.1 Å². The maximum atomic E-state index is 12.7. The SMILES string of the molecule is COc1cc(-c2cc3cc(CNCCCN(C)C)ccc3[nH]2)c2c(c1OS(C)(=O)=O)CNC2=O. The van der Waals surface area contributed by atoms with E-state index in [1.165, 1.54) is 12.7 Å². The number of fused-ring (bicyclic) bond motifs is 2. The highest BCUT2D eigenvalue weighted by Crippen LogP contribution is 2.43. The Labute approximate surface area is 199 Å². The third-order valence-corrected chi connectivity index (χ3v) is 6.18. The molecule has 0 atom stereocenters. The monoisotopic (exact) mass is 486 g/mol. The maximum Gasteiger partial charge on any atom is 0.306 e. The number of benzene rings is 2. The first-order chi connectivity index (χ1) is 16.2. The zero-order valence-corrected chi connectivity index (χ0v) is 20.6. The summed E-state index contributed by atoms with van der Waals surface area (Å²) in [5, 5.41) is 7.25. The van der Waals surface area contributed by atoms with Gasteiger partial charge in [-0.15, -0.1) is 0 Å². The molecule has 0 saturated carbocycles. The Balaban J connectivity index is 1.66. The van der Waals surface area contributed by atoms with E-state index in [1.807, 2.05) is 12.1 Å². The van der Waals surface area contributed by atoms with E-state index in [4.69, 9.17) is 8.92 Å². The van der Waals surface area contributed by atoms with Gasteiger partial charge in [0.2, 0.25) is 0 Å². The molecule has 1 amide bonds. The molecule has 0 spiro atoms. The summed E-state index contributed by atoms with van der Waals surface area (Å²) in [6, 6.07) is 9.84. The Morgan fingerprint density at radius 2 is 1.97 bits per heavy atom. The maximum absolute atomic E-state index is 12.7.